The van der Waals surface area contributed by atoms with Gasteiger partial charge in [-0.2, -0.15) is 0 Å². The number of anilines is 1. The number of amides is 1. The van der Waals surface area contributed by atoms with Gasteiger partial charge in [0.15, 0.2) is 11.0 Å². The number of carbonyl (C=O) groups excluding carboxylic acids is 2. The van der Waals surface area contributed by atoms with Crippen LogP contribution in [0.15, 0.2) is 29.4 Å². The number of hydrogen-bond donors (Lipinski definition) is 1. The Morgan fingerprint density at radius 2 is 1.97 bits per heavy atom. The van der Waals surface area contributed by atoms with Crippen molar-refractivity contribution < 1.29 is 19.1 Å². The van der Waals surface area contributed by atoms with E-state index in [0.29, 0.717) is 47.3 Å². The van der Waals surface area contributed by atoms with Gasteiger partial charge in [0, 0.05) is 17.0 Å². The Kier molecular flexibility index (Phi) is 9.49. The van der Waals surface area contributed by atoms with Gasteiger partial charge in [0.05, 0.1) is 24.5 Å². The van der Waals surface area contributed by atoms with Crippen LogP contribution in [0.4, 0.5) is 5.00 Å². The summed E-state index contributed by atoms with van der Waals surface area (Å²) in [5.41, 5.74) is 2.49. The standard InChI is InChI=1S/C28H36N4O4S2/c1-6-32-25(19-9-11-20(12-10-19)36-15-17(3)4)30-31-28(32)37-16-23(33)29-26-24(27(34)35-7-2)21-13-8-18(5)14-22(21)38-26/h9-12,17-18H,6-8,13-16H2,1-5H3,(H,29,33). The number of aromatic nitrogens is 3. The molecule has 38 heavy (non-hydrogen) atoms. The molecule has 3 aromatic rings. The van der Waals surface area contributed by atoms with E-state index in [1.807, 2.05) is 35.8 Å². The average molecular weight is 557 g/mol. The summed E-state index contributed by atoms with van der Waals surface area (Å²) >= 11 is 2.83. The number of benzene rings is 1. The predicted octanol–water partition coefficient (Wildman–Crippen LogP) is 6.09. The van der Waals surface area contributed by atoms with Crippen LogP contribution in [0.5, 0.6) is 5.75 Å². The van der Waals surface area contributed by atoms with E-state index in [9.17, 15) is 9.59 Å². The van der Waals surface area contributed by atoms with E-state index in [-0.39, 0.29) is 17.6 Å². The molecule has 2 aromatic heterocycles. The summed E-state index contributed by atoms with van der Waals surface area (Å²) in [6.07, 6.45) is 2.78. The molecule has 1 unspecified atom stereocenters. The highest BCUT2D eigenvalue weighted by atomic mass is 32.2. The number of rotatable bonds is 11. The first-order valence-electron chi connectivity index (χ1n) is 13.2. The monoisotopic (exact) mass is 556 g/mol. The van der Waals surface area contributed by atoms with Gasteiger partial charge in [-0.15, -0.1) is 21.5 Å². The van der Waals surface area contributed by atoms with Crippen molar-refractivity contribution in [3.05, 3.63) is 40.3 Å². The lowest BCUT2D eigenvalue weighted by Gasteiger charge is -2.18. The molecule has 10 heteroatoms. The topological polar surface area (TPSA) is 95.3 Å². The number of hydrogen-bond acceptors (Lipinski definition) is 8. The molecular weight excluding hydrogens is 520 g/mol. The highest BCUT2D eigenvalue weighted by Crippen LogP contribution is 2.40. The van der Waals surface area contributed by atoms with Gasteiger partial charge in [0.1, 0.15) is 10.8 Å². The minimum atomic E-state index is -0.363. The highest BCUT2D eigenvalue weighted by molar-refractivity contribution is 7.99. The molecule has 4 rings (SSSR count). The van der Waals surface area contributed by atoms with Gasteiger partial charge in [0.25, 0.3) is 0 Å². The van der Waals surface area contributed by atoms with E-state index >= 15 is 0 Å². The lowest BCUT2D eigenvalue weighted by Crippen LogP contribution is -2.18. The molecule has 1 aliphatic carbocycles. The van der Waals surface area contributed by atoms with Gasteiger partial charge in [-0.25, -0.2) is 4.79 Å². The number of nitrogens with zero attached hydrogens (tertiary/aromatic N) is 3. The summed E-state index contributed by atoms with van der Waals surface area (Å²) in [6, 6.07) is 7.83. The third-order valence-electron chi connectivity index (χ3n) is 6.31. The third-order valence-corrected chi connectivity index (χ3v) is 8.44. The zero-order chi connectivity index (χ0) is 27.2. The molecule has 0 bridgehead atoms. The smallest absolute Gasteiger partial charge is 0.341 e. The maximum Gasteiger partial charge on any atom is 0.341 e. The van der Waals surface area contributed by atoms with Gasteiger partial charge in [-0.1, -0.05) is 32.5 Å². The number of ether oxygens (including phenoxy) is 2. The lowest BCUT2D eigenvalue weighted by molar-refractivity contribution is -0.113. The van der Waals surface area contributed by atoms with E-state index in [1.54, 1.807) is 6.92 Å². The summed E-state index contributed by atoms with van der Waals surface area (Å²) in [6.45, 7) is 11.9. The Labute approximate surface area is 232 Å². The second-order valence-electron chi connectivity index (χ2n) is 9.89. The van der Waals surface area contributed by atoms with E-state index in [0.717, 1.165) is 42.0 Å². The zero-order valence-corrected chi connectivity index (χ0v) is 24.3. The Morgan fingerprint density at radius 3 is 2.66 bits per heavy atom. The molecule has 1 aliphatic rings. The van der Waals surface area contributed by atoms with Crippen LogP contribution >= 0.6 is 23.1 Å². The predicted molar refractivity (Wildman–Crippen MR) is 152 cm³/mol. The zero-order valence-electron chi connectivity index (χ0n) is 22.7. The molecule has 0 fully saturated rings. The van der Waals surface area contributed by atoms with E-state index in [1.165, 1.54) is 28.0 Å². The molecule has 1 atom stereocenters. The van der Waals surface area contributed by atoms with Crippen LogP contribution in [0.25, 0.3) is 11.4 Å². The van der Waals surface area contributed by atoms with Gasteiger partial charge >= 0.3 is 5.97 Å². The fourth-order valence-corrected chi connectivity index (χ4v) is 6.63. The molecule has 0 saturated heterocycles. The van der Waals surface area contributed by atoms with Crippen LogP contribution in [0.1, 0.15) is 61.8 Å². The summed E-state index contributed by atoms with van der Waals surface area (Å²) in [7, 11) is 0. The number of thiophene rings is 1. The van der Waals surface area contributed by atoms with Gasteiger partial charge < -0.3 is 19.4 Å². The maximum atomic E-state index is 13.0. The van der Waals surface area contributed by atoms with Gasteiger partial charge in [0.2, 0.25) is 5.91 Å². The quantitative estimate of drug-likeness (QED) is 0.225. The Morgan fingerprint density at radius 1 is 1.21 bits per heavy atom. The molecule has 8 nitrogen and oxygen atoms in total. The Bertz CT molecular complexity index is 1270. The van der Waals surface area contributed by atoms with Crippen LogP contribution < -0.4 is 10.1 Å². The highest BCUT2D eigenvalue weighted by Gasteiger charge is 2.29. The van der Waals surface area contributed by atoms with Crippen molar-refractivity contribution in [3.8, 4) is 17.1 Å². The summed E-state index contributed by atoms with van der Waals surface area (Å²) in [5.74, 6) is 2.19. The summed E-state index contributed by atoms with van der Waals surface area (Å²) in [5, 5.41) is 13.0. The summed E-state index contributed by atoms with van der Waals surface area (Å²) in [4.78, 5) is 26.9. The summed E-state index contributed by atoms with van der Waals surface area (Å²) < 4.78 is 13.1. The molecule has 0 aliphatic heterocycles. The average Bonchev–Trinajstić information content (AvgIpc) is 3.46. The van der Waals surface area contributed by atoms with Gasteiger partial charge in [-0.05, 0) is 74.8 Å². The molecule has 2 heterocycles. The van der Waals surface area contributed by atoms with Crippen molar-refractivity contribution in [2.24, 2.45) is 11.8 Å². The largest absolute Gasteiger partial charge is 0.493 e. The van der Waals surface area contributed by atoms with Crippen LogP contribution in [0, 0.1) is 11.8 Å². The fraction of sp³-hybridized carbons (Fsp3) is 0.500. The Hall–Kier alpha value is -2.85. The third kappa shape index (κ3) is 6.58. The molecule has 1 amide bonds. The molecule has 0 radical (unpaired) electrons. The van der Waals surface area contributed by atoms with Crippen molar-refractivity contribution in [2.75, 3.05) is 24.3 Å². The number of thioether (sulfide) groups is 1. The number of esters is 1. The van der Waals surface area contributed by atoms with Crippen molar-refractivity contribution in [1.29, 1.82) is 0 Å². The number of carbonyl (C=O) groups is 2. The minimum absolute atomic E-state index is 0.154. The van der Waals surface area contributed by atoms with Gasteiger partial charge in [-0.3, -0.25) is 4.79 Å². The molecule has 1 N–H and O–H groups in total. The fourth-order valence-electron chi connectivity index (χ4n) is 4.41. The second kappa shape index (κ2) is 12.8. The molecular formula is C28H36N4O4S2. The number of nitrogens with one attached hydrogen (secondary N) is 1. The first-order chi connectivity index (χ1) is 18.3. The minimum Gasteiger partial charge on any atom is -0.493 e. The molecule has 0 saturated carbocycles. The van der Waals surface area contributed by atoms with E-state index in [4.69, 9.17) is 9.47 Å². The van der Waals surface area contributed by atoms with Crippen molar-refractivity contribution >= 4 is 40.0 Å². The Balaban J connectivity index is 1.44. The second-order valence-corrected chi connectivity index (χ2v) is 11.9. The van der Waals surface area contributed by atoms with Crippen molar-refractivity contribution in [1.82, 2.24) is 14.8 Å². The molecule has 204 valence electrons. The van der Waals surface area contributed by atoms with Crippen LogP contribution in [-0.4, -0.2) is 45.6 Å². The SMILES string of the molecule is CCOC(=O)c1c(NC(=O)CSc2nnc(-c3ccc(OCC(C)C)cc3)n2CC)sc2c1CCC(C)C2. The maximum absolute atomic E-state index is 13.0. The molecule has 1 aromatic carbocycles. The van der Waals surface area contributed by atoms with Crippen LogP contribution in [0.2, 0.25) is 0 Å². The lowest BCUT2D eigenvalue weighted by atomic mass is 9.88. The first-order valence-corrected chi connectivity index (χ1v) is 15.0. The van der Waals surface area contributed by atoms with E-state index < -0.39 is 0 Å². The van der Waals surface area contributed by atoms with Crippen molar-refractivity contribution in [2.45, 2.75) is 65.6 Å². The van der Waals surface area contributed by atoms with Crippen LogP contribution in [-0.2, 0) is 28.9 Å². The van der Waals surface area contributed by atoms with E-state index in [2.05, 4.69) is 36.3 Å². The normalized spacial score (nSPS) is 14.8. The van der Waals surface area contributed by atoms with Crippen molar-refractivity contribution in [3.63, 3.8) is 0 Å². The molecule has 0 spiro atoms. The number of fused-ring (bicyclic) bond motifs is 1. The van der Waals surface area contributed by atoms with Crippen LogP contribution in [0.3, 0.4) is 0 Å². The first kappa shape index (κ1) is 28.2.